The fourth-order valence-corrected chi connectivity index (χ4v) is 7.46. The van der Waals surface area contributed by atoms with Crippen molar-refractivity contribution in [2.24, 2.45) is 0 Å². The van der Waals surface area contributed by atoms with Crippen LogP contribution in [-0.4, -0.2) is 0 Å². The van der Waals surface area contributed by atoms with Gasteiger partial charge in [-0.05, 0) is 103 Å². The molecule has 45 heavy (non-hydrogen) atoms. The molecule has 9 rings (SSSR count). The van der Waals surface area contributed by atoms with Crippen LogP contribution in [0.1, 0.15) is 36.1 Å². The number of allylic oxidation sites excluding steroid dienone is 1. The summed E-state index contributed by atoms with van der Waals surface area (Å²) in [6.45, 7) is 4.72. The summed E-state index contributed by atoms with van der Waals surface area (Å²) < 4.78 is 6.09. The Labute approximate surface area is 263 Å². The van der Waals surface area contributed by atoms with Gasteiger partial charge in [0.1, 0.15) is 11.2 Å². The molecule has 1 aromatic heterocycles. The lowest BCUT2D eigenvalue weighted by atomic mass is 9.81. The molecule has 0 spiro atoms. The minimum Gasteiger partial charge on any atom is -0.456 e. The van der Waals surface area contributed by atoms with E-state index in [1.165, 1.54) is 76.8 Å². The second-order valence-corrected chi connectivity index (χ2v) is 13.0. The largest absolute Gasteiger partial charge is 0.456 e. The Hall–Kier alpha value is -5.40. The van der Waals surface area contributed by atoms with Crippen molar-refractivity contribution >= 4 is 49.6 Å². The SMILES string of the molecule is CC1(C)c2cc3ccccc3cc2-c2c(-c3ccc(/C=C/Cc4ccc5cc6oc7ccccc7c6cc5c4)cc3)cccc21. The lowest BCUT2D eigenvalue weighted by molar-refractivity contribution is 0.661. The third kappa shape index (κ3) is 4.15. The van der Waals surface area contributed by atoms with Gasteiger partial charge >= 0.3 is 0 Å². The number of benzene rings is 7. The Morgan fingerprint density at radius 2 is 1.33 bits per heavy atom. The molecule has 1 aliphatic rings. The average molecular weight is 577 g/mol. The van der Waals surface area contributed by atoms with Crippen molar-refractivity contribution in [3.63, 3.8) is 0 Å². The van der Waals surface area contributed by atoms with Crippen LogP contribution in [0.3, 0.4) is 0 Å². The Balaban J connectivity index is 1.000. The molecule has 0 N–H and O–H groups in total. The zero-order chi connectivity index (χ0) is 30.1. The third-order valence-electron chi connectivity index (χ3n) is 9.85. The van der Waals surface area contributed by atoms with Crippen LogP contribution in [0.4, 0.5) is 0 Å². The van der Waals surface area contributed by atoms with Crippen molar-refractivity contribution < 1.29 is 4.42 Å². The fraction of sp³-hybridized carbons (Fsp3) is 0.0909. The second-order valence-electron chi connectivity index (χ2n) is 13.0. The van der Waals surface area contributed by atoms with Gasteiger partial charge in [-0.15, -0.1) is 0 Å². The van der Waals surface area contributed by atoms with E-state index in [4.69, 9.17) is 4.42 Å². The van der Waals surface area contributed by atoms with Gasteiger partial charge in [0, 0.05) is 16.2 Å². The number of fused-ring (bicyclic) bond motifs is 8. The number of hydrogen-bond acceptors (Lipinski definition) is 1. The van der Waals surface area contributed by atoms with Gasteiger partial charge in [0.2, 0.25) is 0 Å². The predicted molar refractivity (Wildman–Crippen MR) is 191 cm³/mol. The van der Waals surface area contributed by atoms with Crippen LogP contribution in [0.5, 0.6) is 0 Å². The van der Waals surface area contributed by atoms with Crippen LogP contribution < -0.4 is 0 Å². The molecule has 1 aliphatic carbocycles. The Kier molecular flexibility index (Phi) is 5.67. The average Bonchev–Trinajstić information content (AvgIpc) is 3.54. The number of para-hydroxylation sites is 1. The van der Waals surface area contributed by atoms with Gasteiger partial charge in [-0.3, -0.25) is 0 Å². The van der Waals surface area contributed by atoms with Crippen molar-refractivity contribution in [1.82, 2.24) is 0 Å². The van der Waals surface area contributed by atoms with Gasteiger partial charge in [0.05, 0.1) is 0 Å². The molecule has 0 saturated heterocycles. The van der Waals surface area contributed by atoms with Gasteiger partial charge < -0.3 is 4.42 Å². The van der Waals surface area contributed by atoms with E-state index in [0.717, 1.165) is 17.6 Å². The molecule has 1 heterocycles. The summed E-state index contributed by atoms with van der Waals surface area (Å²) in [4.78, 5) is 0. The summed E-state index contributed by atoms with van der Waals surface area (Å²) in [6, 6.07) is 48.8. The molecule has 1 heteroatoms. The normalized spacial score (nSPS) is 13.7. The van der Waals surface area contributed by atoms with E-state index < -0.39 is 0 Å². The van der Waals surface area contributed by atoms with Crippen molar-refractivity contribution in [3.05, 3.63) is 162 Å². The molecule has 0 amide bonds. The summed E-state index contributed by atoms with van der Waals surface area (Å²) in [6.07, 6.45) is 5.39. The van der Waals surface area contributed by atoms with Crippen molar-refractivity contribution in [2.75, 3.05) is 0 Å². The monoisotopic (exact) mass is 576 g/mol. The first-order chi connectivity index (χ1) is 22.0. The first-order valence-corrected chi connectivity index (χ1v) is 15.8. The number of rotatable bonds is 4. The summed E-state index contributed by atoms with van der Waals surface area (Å²) in [5.41, 5.74) is 12.5. The standard InChI is InChI=1S/C44H32O/c1-44(2)39-15-8-14-35(43(39)38-24-31-11-3-4-12-32(31)26-40(38)44)30-20-17-28(18-21-30)9-7-10-29-19-22-33-27-42-37(25-34(33)23-29)36-13-5-6-16-41(36)45-42/h3-9,11-27H,10H2,1-2H3/b9-7+. The minimum atomic E-state index is -0.0333. The molecular formula is C44H32O. The summed E-state index contributed by atoms with van der Waals surface area (Å²) in [7, 11) is 0. The predicted octanol–water partition coefficient (Wildman–Crippen LogP) is 12.1. The van der Waals surface area contributed by atoms with Crippen LogP contribution in [0.2, 0.25) is 0 Å². The van der Waals surface area contributed by atoms with Crippen molar-refractivity contribution in [3.8, 4) is 22.3 Å². The first kappa shape index (κ1) is 26.0. The first-order valence-electron chi connectivity index (χ1n) is 15.8. The van der Waals surface area contributed by atoms with Crippen LogP contribution in [0, 0.1) is 0 Å². The van der Waals surface area contributed by atoms with E-state index in [0.29, 0.717) is 0 Å². The van der Waals surface area contributed by atoms with Gasteiger partial charge in [-0.2, -0.15) is 0 Å². The molecule has 0 atom stereocenters. The minimum absolute atomic E-state index is 0.0333. The molecule has 0 radical (unpaired) electrons. The Morgan fingerprint density at radius 3 is 2.20 bits per heavy atom. The maximum absolute atomic E-state index is 6.09. The van der Waals surface area contributed by atoms with Gasteiger partial charge in [0.25, 0.3) is 0 Å². The molecule has 1 nitrogen and oxygen atoms in total. The summed E-state index contributed by atoms with van der Waals surface area (Å²) in [5.74, 6) is 0. The lowest BCUT2D eigenvalue weighted by Crippen LogP contribution is -2.14. The Morgan fingerprint density at radius 1 is 0.556 bits per heavy atom. The van der Waals surface area contributed by atoms with Crippen LogP contribution in [0.25, 0.3) is 71.8 Å². The molecule has 8 aromatic rings. The smallest absolute Gasteiger partial charge is 0.136 e. The van der Waals surface area contributed by atoms with Crippen LogP contribution >= 0.6 is 0 Å². The molecule has 214 valence electrons. The number of furan rings is 1. The van der Waals surface area contributed by atoms with Gasteiger partial charge in [-0.1, -0.05) is 129 Å². The van der Waals surface area contributed by atoms with Gasteiger partial charge in [-0.25, -0.2) is 0 Å². The van der Waals surface area contributed by atoms with Crippen molar-refractivity contribution in [2.45, 2.75) is 25.7 Å². The van der Waals surface area contributed by atoms with Crippen LogP contribution in [-0.2, 0) is 11.8 Å². The maximum Gasteiger partial charge on any atom is 0.136 e. The molecule has 0 bridgehead atoms. The zero-order valence-electron chi connectivity index (χ0n) is 25.5. The fourth-order valence-electron chi connectivity index (χ4n) is 7.46. The van der Waals surface area contributed by atoms with Gasteiger partial charge in [0.15, 0.2) is 0 Å². The second kappa shape index (κ2) is 9.81. The number of hydrogen-bond donors (Lipinski definition) is 0. The highest BCUT2D eigenvalue weighted by atomic mass is 16.3. The maximum atomic E-state index is 6.09. The molecule has 0 aliphatic heterocycles. The summed E-state index contributed by atoms with van der Waals surface area (Å²) in [5, 5.41) is 7.40. The zero-order valence-corrected chi connectivity index (χ0v) is 25.5. The molecular weight excluding hydrogens is 544 g/mol. The highest BCUT2D eigenvalue weighted by molar-refractivity contribution is 6.10. The molecule has 0 fully saturated rings. The van der Waals surface area contributed by atoms with E-state index in [-0.39, 0.29) is 5.41 Å². The molecule has 7 aromatic carbocycles. The summed E-state index contributed by atoms with van der Waals surface area (Å²) >= 11 is 0. The molecule has 0 saturated carbocycles. The highest BCUT2D eigenvalue weighted by Gasteiger charge is 2.37. The van der Waals surface area contributed by atoms with E-state index in [1.54, 1.807) is 0 Å². The van der Waals surface area contributed by atoms with E-state index in [9.17, 15) is 0 Å². The molecule has 0 unspecified atom stereocenters. The van der Waals surface area contributed by atoms with Crippen molar-refractivity contribution in [1.29, 1.82) is 0 Å². The topological polar surface area (TPSA) is 13.1 Å². The highest BCUT2D eigenvalue weighted by Crippen LogP contribution is 2.53. The third-order valence-corrected chi connectivity index (χ3v) is 9.85. The van der Waals surface area contributed by atoms with E-state index in [1.807, 2.05) is 12.1 Å². The van der Waals surface area contributed by atoms with E-state index >= 15 is 0 Å². The Bertz CT molecular complexity index is 2470. The lowest BCUT2D eigenvalue weighted by Gasteiger charge is -2.22. The van der Waals surface area contributed by atoms with Crippen LogP contribution in [0.15, 0.2) is 144 Å². The van der Waals surface area contributed by atoms with E-state index in [2.05, 4.69) is 147 Å². The quantitative estimate of drug-likeness (QED) is 0.203.